The Kier molecular flexibility index (Phi) is 7.51. The third-order valence-corrected chi connectivity index (χ3v) is 10.3. The molecule has 2 heteroatoms. The van der Waals surface area contributed by atoms with E-state index in [2.05, 4.69) is 172 Å². The summed E-state index contributed by atoms with van der Waals surface area (Å²) >= 11 is 0. The fourth-order valence-corrected chi connectivity index (χ4v) is 7.56. The summed E-state index contributed by atoms with van der Waals surface area (Å²) < 4.78 is 0. The fraction of sp³-hybridized carbons (Fsp3) is 0.0612. The molecule has 1 aliphatic rings. The number of rotatable bonds is 6. The summed E-state index contributed by atoms with van der Waals surface area (Å²) in [5.74, 6) is 0.711. The van der Waals surface area contributed by atoms with Crippen LogP contribution in [0.4, 0.5) is 0 Å². The molecule has 1 heterocycles. The zero-order valence-electron chi connectivity index (χ0n) is 28.7. The van der Waals surface area contributed by atoms with Crippen molar-refractivity contribution in [3.63, 3.8) is 0 Å². The molecule has 7 aromatic carbocycles. The van der Waals surface area contributed by atoms with Gasteiger partial charge in [-0.05, 0) is 79.9 Å². The van der Waals surface area contributed by atoms with Crippen LogP contribution < -0.4 is 0 Å². The number of fused-ring (bicyclic) bond motifs is 3. The molecule has 0 bridgehead atoms. The van der Waals surface area contributed by atoms with Gasteiger partial charge in [-0.1, -0.05) is 172 Å². The van der Waals surface area contributed by atoms with E-state index >= 15 is 0 Å². The van der Waals surface area contributed by atoms with E-state index < -0.39 is 0 Å². The van der Waals surface area contributed by atoms with Crippen molar-refractivity contribution in [1.29, 1.82) is 0 Å². The fourth-order valence-electron chi connectivity index (χ4n) is 7.56. The molecule has 8 aromatic rings. The monoisotopic (exact) mass is 652 g/mol. The van der Waals surface area contributed by atoms with E-state index in [4.69, 9.17) is 9.97 Å². The van der Waals surface area contributed by atoms with Crippen LogP contribution in [0.25, 0.3) is 78.4 Å². The average molecular weight is 653 g/mol. The summed E-state index contributed by atoms with van der Waals surface area (Å²) in [6.07, 6.45) is 0. The lowest BCUT2D eigenvalue weighted by Gasteiger charge is -2.21. The molecule has 51 heavy (non-hydrogen) atoms. The Hall–Kier alpha value is -6.38. The maximum absolute atomic E-state index is 5.11. The molecule has 0 spiro atoms. The number of nitrogens with zero attached hydrogens (tertiary/aromatic N) is 2. The third kappa shape index (κ3) is 5.65. The summed E-state index contributed by atoms with van der Waals surface area (Å²) in [4.78, 5) is 10.2. The molecule has 0 saturated carbocycles. The van der Waals surface area contributed by atoms with Crippen LogP contribution in [-0.2, 0) is 5.41 Å². The van der Waals surface area contributed by atoms with Gasteiger partial charge in [-0.3, -0.25) is 0 Å². The van der Waals surface area contributed by atoms with Gasteiger partial charge in [0.1, 0.15) is 0 Å². The van der Waals surface area contributed by atoms with Gasteiger partial charge in [0.05, 0.1) is 11.4 Å². The molecule has 0 unspecified atom stereocenters. The van der Waals surface area contributed by atoms with Gasteiger partial charge in [0.2, 0.25) is 0 Å². The molecular weight excluding hydrogens is 617 g/mol. The first kappa shape index (κ1) is 30.7. The molecule has 0 aliphatic heterocycles. The van der Waals surface area contributed by atoms with E-state index in [0.29, 0.717) is 5.82 Å². The zero-order chi connectivity index (χ0) is 34.4. The molecule has 1 aliphatic carbocycles. The predicted molar refractivity (Wildman–Crippen MR) is 212 cm³/mol. The topological polar surface area (TPSA) is 25.8 Å². The Morgan fingerprint density at radius 2 is 0.745 bits per heavy atom. The summed E-state index contributed by atoms with van der Waals surface area (Å²) in [6.45, 7) is 4.66. The minimum atomic E-state index is 0.0117. The van der Waals surface area contributed by atoms with Gasteiger partial charge < -0.3 is 0 Å². The lowest BCUT2D eigenvalue weighted by molar-refractivity contribution is 0.660. The van der Waals surface area contributed by atoms with Crippen molar-refractivity contribution in [2.75, 3.05) is 0 Å². The van der Waals surface area contributed by atoms with Crippen molar-refractivity contribution in [2.45, 2.75) is 19.3 Å². The zero-order valence-corrected chi connectivity index (χ0v) is 28.7. The molecule has 242 valence electrons. The smallest absolute Gasteiger partial charge is 0.160 e. The average Bonchev–Trinajstić information content (AvgIpc) is 3.44. The van der Waals surface area contributed by atoms with Crippen molar-refractivity contribution < 1.29 is 0 Å². The van der Waals surface area contributed by atoms with Crippen molar-refractivity contribution in [1.82, 2.24) is 9.97 Å². The van der Waals surface area contributed by atoms with Gasteiger partial charge in [0.25, 0.3) is 0 Å². The predicted octanol–water partition coefficient (Wildman–Crippen LogP) is 12.8. The van der Waals surface area contributed by atoms with Crippen molar-refractivity contribution >= 4 is 0 Å². The maximum atomic E-state index is 5.11. The molecule has 1 aromatic heterocycles. The SMILES string of the molecule is CC1(C)c2ccccc2-c2cc(-c3ccc(-c4cccc(-c5cc(-c6cccc(-c7ccccc7)c6)nc(-c6ccccc6)n5)c4)cc3)ccc21. The van der Waals surface area contributed by atoms with Gasteiger partial charge >= 0.3 is 0 Å². The second-order valence-corrected chi connectivity index (χ2v) is 13.9. The lowest BCUT2D eigenvalue weighted by atomic mass is 9.82. The van der Waals surface area contributed by atoms with Crippen LogP contribution >= 0.6 is 0 Å². The molecule has 9 rings (SSSR count). The summed E-state index contributed by atoms with van der Waals surface area (Å²) in [5.41, 5.74) is 17.5. The number of hydrogen-bond donors (Lipinski definition) is 0. The van der Waals surface area contributed by atoms with Crippen molar-refractivity contribution in [3.8, 4) is 78.4 Å². The Morgan fingerprint density at radius 3 is 1.35 bits per heavy atom. The molecule has 0 radical (unpaired) electrons. The second kappa shape index (κ2) is 12.5. The van der Waals surface area contributed by atoms with E-state index in [1.807, 2.05) is 24.3 Å². The highest BCUT2D eigenvalue weighted by Gasteiger charge is 2.35. The quantitative estimate of drug-likeness (QED) is 0.179. The Balaban J connectivity index is 1.07. The molecule has 0 saturated heterocycles. The molecule has 0 N–H and O–H groups in total. The van der Waals surface area contributed by atoms with Gasteiger partial charge in [0, 0.05) is 22.1 Å². The Morgan fingerprint density at radius 1 is 0.314 bits per heavy atom. The molecular formula is C49H36N2. The Bertz CT molecular complexity index is 2530. The van der Waals surface area contributed by atoms with Crippen LogP contribution in [0.3, 0.4) is 0 Å². The number of aromatic nitrogens is 2. The first-order valence-corrected chi connectivity index (χ1v) is 17.6. The second-order valence-electron chi connectivity index (χ2n) is 13.9. The van der Waals surface area contributed by atoms with Gasteiger partial charge in [-0.25, -0.2) is 9.97 Å². The highest BCUT2D eigenvalue weighted by atomic mass is 14.9. The largest absolute Gasteiger partial charge is 0.228 e. The van der Waals surface area contributed by atoms with E-state index in [1.165, 1.54) is 44.5 Å². The van der Waals surface area contributed by atoms with Gasteiger partial charge in [-0.2, -0.15) is 0 Å². The maximum Gasteiger partial charge on any atom is 0.160 e. The van der Waals surface area contributed by atoms with Crippen LogP contribution in [0, 0.1) is 0 Å². The molecule has 0 amide bonds. The van der Waals surface area contributed by atoms with Crippen LogP contribution in [0.2, 0.25) is 0 Å². The molecule has 0 fully saturated rings. The third-order valence-electron chi connectivity index (χ3n) is 10.3. The van der Waals surface area contributed by atoms with Crippen LogP contribution in [0.5, 0.6) is 0 Å². The van der Waals surface area contributed by atoms with E-state index in [9.17, 15) is 0 Å². The standard InChI is InChI=1S/C49H36N2/c1-49(2)44-22-10-9-21-42(44)43-31-39(27-28-45(43)49)35-25-23-34(24-26-35)38-18-12-20-41(30-38)47-32-46(50-48(51-47)36-15-7-4-8-16-36)40-19-11-17-37(29-40)33-13-5-3-6-14-33/h3-32H,1-2H3. The summed E-state index contributed by atoms with van der Waals surface area (Å²) in [5, 5.41) is 0. The van der Waals surface area contributed by atoms with Gasteiger partial charge in [-0.15, -0.1) is 0 Å². The van der Waals surface area contributed by atoms with Crippen LogP contribution in [0.1, 0.15) is 25.0 Å². The van der Waals surface area contributed by atoms with Crippen LogP contribution in [0.15, 0.2) is 182 Å². The van der Waals surface area contributed by atoms with E-state index in [0.717, 1.165) is 39.2 Å². The first-order chi connectivity index (χ1) is 25.0. The Labute approximate surface area is 299 Å². The minimum Gasteiger partial charge on any atom is -0.228 e. The van der Waals surface area contributed by atoms with E-state index in [1.54, 1.807) is 0 Å². The normalized spacial score (nSPS) is 12.7. The first-order valence-electron chi connectivity index (χ1n) is 17.6. The van der Waals surface area contributed by atoms with E-state index in [-0.39, 0.29) is 5.41 Å². The molecule has 0 atom stereocenters. The minimum absolute atomic E-state index is 0.0117. The summed E-state index contributed by atoms with van der Waals surface area (Å²) in [7, 11) is 0. The van der Waals surface area contributed by atoms with Crippen LogP contribution in [-0.4, -0.2) is 9.97 Å². The lowest BCUT2D eigenvalue weighted by Crippen LogP contribution is -2.14. The highest BCUT2D eigenvalue weighted by molar-refractivity contribution is 5.85. The van der Waals surface area contributed by atoms with Crippen molar-refractivity contribution in [3.05, 3.63) is 193 Å². The summed E-state index contributed by atoms with van der Waals surface area (Å²) in [6, 6.07) is 64.9. The number of benzene rings is 7. The van der Waals surface area contributed by atoms with Crippen molar-refractivity contribution in [2.24, 2.45) is 0 Å². The number of hydrogen-bond acceptors (Lipinski definition) is 2. The van der Waals surface area contributed by atoms with Gasteiger partial charge in [0.15, 0.2) is 5.82 Å². The highest BCUT2D eigenvalue weighted by Crippen LogP contribution is 2.49. The molecule has 2 nitrogen and oxygen atoms in total.